The first kappa shape index (κ1) is 22.2. The number of benzene rings is 1. The molecule has 1 aliphatic rings. The normalized spacial score (nSPS) is 15.1. The fraction of sp³-hybridized carbons (Fsp3) is 0.217. The zero-order valence-electron chi connectivity index (χ0n) is 18.7. The number of imidazole rings is 1. The topological polar surface area (TPSA) is 113 Å². The summed E-state index contributed by atoms with van der Waals surface area (Å²) >= 11 is 7.81. The molecular formula is C23H21ClN8OS. The van der Waals surface area contributed by atoms with E-state index >= 15 is 0 Å². The first-order chi connectivity index (χ1) is 16.4. The lowest BCUT2D eigenvalue weighted by Gasteiger charge is -2.12. The molecule has 0 spiro atoms. The van der Waals surface area contributed by atoms with Crippen LogP contribution in [0.25, 0.3) is 5.00 Å². The second-order valence-electron chi connectivity index (χ2n) is 7.88. The van der Waals surface area contributed by atoms with Crippen LogP contribution in [-0.4, -0.2) is 42.6 Å². The molecule has 1 atom stereocenters. The fourth-order valence-electron chi connectivity index (χ4n) is 3.87. The molecule has 172 valence electrons. The van der Waals surface area contributed by atoms with E-state index in [9.17, 15) is 4.79 Å². The number of fused-ring (bicyclic) bond motifs is 3. The van der Waals surface area contributed by atoms with E-state index in [0.717, 1.165) is 33.2 Å². The second-order valence-corrected chi connectivity index (χ2v) is 9.52. The monoisotopic (exact) mass is 492 g/mol. The van der Waals surface area contributed by atoms with Gasteiger partial charge in [0.15, 0.2) is 5.82 Å². The lowest BCUT2D eigenvalue weighted by molar-refractivity contribution is -0.121. The number of halogens is 1. The lowest BCUT2D eigenvalue weighted by atomic mass is 9.99. The highest BCUT2D eigenvalue weighted by molar-refractivity contribution is 7.15. The maximum atomic E-state index is 12.8. The SMILES string of the molecule is Cc1sc2c(c1C)C(c1ccc(Cl)cc1)=N[C@@H](CC(=O)N/N=C\c1ncc[nH]1)c1nnc(C)n1-2. The Bertz CT molecular complexity index is 1420. The Morgan fingerprint density at radius 2 is 2.06 bits per heavy atom. The number of hydrogen-bond donors (Lipinski definition) is 2. The quantitative estimate of drug-likeness (QED) is 0.323. The Hall–Kier alpha value is -3.63. The van der Waals surface area contributed by atoms with Crippen molar-refractivity contribution in [1.82, 2.24) is 30.2 Å². The van der Waals surface area contributed by atoms with Gasteiger partial charge in [-0.15, -0.1) is 21.5 Å². The fourth-order valence-corrected chi connectivity index (χ4v) is 5.21. The number of rotatable bonds is 5. The van der Waals surface area contributed by atoms with Crippen molar-refractivity contribution < 1.29 is 4.79 Å². The van der Waals surface area contributed by atoms with Crippen molar-refractivity contribution in [1.29, 1.82) is 0 Å². The number of aryl methyl sites for hydroxylation is 2. The van der Waals surface area contributed by atoms with Crippen LogP contribution in [0.4, 0.5) is 0 Å². The molecule has 4 heterocycles. The van der Waals surface area contributed by atoms with Crippen LogP contribution >= 0.6 is 22.9 Å². The average Bonchev–Trinajstić information content (AvgIpc) is 3.51. The number of hydrazone groups is 1. The van der Waals surface area contributed by atoms with Gasteiger partial charge in [-0.1, -0.05) is 23.7 Å². The molecule has 4 aromatic rings. The smallest absolute Gasteiger partial charge is 0.242 e. The Labute approximate surface area is 204 Å². The molecule has 5 rings (SSSR count). The maximum absolute atomic E-state index is 12.8. The van der Waals surface area contributed by atoms with Crippen LogP contribution in [0.3, 0.4) is 0 Å². The molecule has 11 heteroatoms. The molecule has 0 saturated carbocycles. The van der Waals surface area contributed by atoms with E-state index < -0.39 is 6.04 Å². The van der Waals surface area contributed by atoms with Gasteiger partial charge in [0.2, 0.25) is 5.91 Å². The number of nitrogens with one attached hydrogen (secondary N) is 2. The van der Waals surface area contributed by atoms with Crippen LogP contribution in [-0.2, 0) is 4.79 Å². The molecular weight excluding hydrogens is 472 g/mol. The number of aromatic amines is 1. The predicted octanol–water partition coefficient (Wildman–Crippen LogP) is 4.06. The van der Waals surface area contributed by atoms with Gasteiger partial charge in [-0.2, -0.15) is 5.10 Å². The van der Waals surface area contributed by atoms with E-state index in [0.29, 0.717) is 16.7 Å². The summed E-state index contributed by atoms with van der Waals surface area (Å²) in [4.78, 5) is 26.0. The van der Waals surface area contributed by atoms with Crippen molar-refractivity contribution in [2.45, 2.75) is 33.2 Å². The van der Waals surface area contributed by atoms with E-state index in [1.807, 2.05) is 35.8 Å². The van der Waals surface area contributed by atoms with E-state index in [1.54, 1.807) is 23.7 Å². The van der Waals surface area contributed by atoms with Gasteiger partial charge in [-0.25, -0.2) is 10.4 Å². The summed E-state index contributed by atoms with van der Waals surface area (Å²) in [5, 5.41) is 14.3. The lowest BCUT2D eigenvalue weighted by Crippen LogP contribution is -2.21. The molecule has 0 radical (unpaired) electrons. The number of carbonyl (C=O) groups excluding carboxylic acids is 1. The number of hydrogen-bond acceptors (Lipinski definition) is 7. The molecule has 0 bridgehead atoms. The number of thiophene rings is 1. The van der Waals surface area contributed by atoms with E-state index in [4.69, 9.17) is 16.6 Å². The number of carbonyl (C=O) groups is 1. The van der Waals surface area contributed by atoms with Gasteiger partial charge in [0.1, 0.15) is 22.7 Å². The van der Waals surface area contributed by atoms with Crippen LogP contribution in [0.2, 0.25) is 5.02 Å². The Balaban J connectivity index is 1.56. The summed E-state index contributed by atoms with van der Waals surface area (Å²) in [5.41, 5.74) is 6.44. The van der Waals surface area contributed by atoms with Crippen LogP contribution in [0.1, 0.15) is 51.5 Å². The number of aromatic nitrogens is 5. The molecule has 0 aliphatic carbocycles. The molecule has 1 amide bonds. The first-order valence-corrected chi connectivity index (χ1v) is 11.8. The number of nitrogens with zero attached hydrogens (tertiary/aromatic N) is 6. The van der Waals surface area contributed by atoms with Crippen LogP contribution in [0.15, 0.2) is 46.8 Å². The zero-order valence-corrected chi connectivity index (χ0v) is 20.3. The van der Waals surface area contributed by atoms with Crippen LogP contribution in [0, 0.1) is 20.8 Å². The minimum absolute atomic E-state index is 0.0533. The maximum Gasteiger partial charge on any atom is 0.242 e. The van der Waals surface area contributed by atoms with Gasteiger partial charge in [-0.05, 0) is 38.5 Å². The molecule has 0 unspecified atom stereocenters. The Morgan fingerprint density at radius 1 is 1.26 bits per heavy atom. The van der Waals surface area contributed by atoms with Crippen molar-refractivity contribution >= 4 is 40.8 Å². The van der Waals surface area contributed by atoms with Gasteiger partial charge < -0.3 is 4.98 Å². The van der Waals surface area contributed by atoms with Crippen molar-refractivity contribution in [2.75, 3.05) is 0 Å². The third kappa shape index (κ3) is 4.06. The Kier molecular flexibility index (Phi) is 5.84. The number of aliphatic imine (C=N–C) groups is 1. The van der Waals surface area contributed by atoms with Crippen molar-refractivity contribution in [3.05, 3.63) is 80.7 Å². The molecule has 34 heavy (non-hydrogen) atoms. The van der Waals surface area contributed by atoms with E-state index in [2.05, 4.69) is 44.5 Å². The summed E-state index contributed by atoms with van der Waals surface area (Å²) in [6, 6.07) is 7.03. The largest absolute Gasteiger partial charge is 0.344 e. The number of amides is 1. The second kappa shape index (κ2) is 8.96. The van der Waals surface area contributed by atoms with Crippen LogP contribution in [0.5, 0.6) is 0 Å². The first-order valence-electron chi connectivity index (χ1n) is 10.6. The number of H-pyrrole nitrogens is 1. The Morgan fingerprint density at radius 3 is 2.79 bits per heavy atom. The zero-order chi connectivity index (χ0) is 23.8. The van der Waals surface area contributed by atoms with Crippen molar-refractivity contribution in [3.63, 3.8) is 0 Å². The third-order valence-electron chi connectivity index (χ3n) is 5.63. The highest BCUT2D eigenvalue weighted by atomic mass is 35.5. The molecule has 9 nitrogen and oxygen atoms in total. The van der Waals surface area contributed by atoms with Gasteiger partial charge in [-0.3, -0.25) is 14.4 Å². The standard InChI is InChI=1S/C23H21ClN8OS/c1-12-13(2)34-23-20(12)21(15-4-6-16(24)7-5-15)28-17(22-31-29-14(3)32(22)23)10-19(33)30-27-11-18-25-8-9-26-18/h4-9,11,17H,10H2,1-3H3,(H,25,26)(H,30,33)/b27-11-/t17-/m0/s1. The summed E-state index contributed by atoms with van der Waals surface area (Å²) in [6.07, 6.45) is 4.79. The molecule has 0 fully saturated rings. The molecule has 1 aromatic carbocycles. The minimum atomic E-state index is -0.551. The third-order valence-corrected chi connectivity index (χ3v) is 7.08. The van der Waals surface area contributed by atoms with Crippen molar-refractivity contribution in [2.24, 2.45) is 10.1 Å². The minimum Gasteiger partial charge on any atom is -0.344 e. The summed E-state index contributed by atoms with van der Waals surface area (Å²) in [7, 11) is 0. The van der Waals surface area contributed by atoms with Gasteiger partial charge in [0.05, 0.1) is 18.3 Å². The molecule has 0 saturated heterocycles. The van der Waals surface area contributed by atoms with Gasteiger partial charge >= 0.3 is 0 Å². The van der Waals surface area contributed by atoms with Crippen LogP contribution < -0.4 is 5.43 Å². The highest BCUT2D eigenvalue weighted by Gasteiger charge is 2.32. The predicted molar refractivity (Wildman–Crippen MR) is 132 cm³/mol. The van der Waals surface area contributed by atoms with E-state index in [1.165, 1.54) is 11.1 Å². The summed E-state index contributed by atoms with van der Waals surface area (Å²) < 4.78 is 2.01. The van der Waals surface area contributed by atoms with E-state index in [-0.39, 0.29) is 12.3 Å². The average molecular weight is 493 g/mol. The molecule has 3 aromatic heterocycles. The van der Waals surface area contributed by atoms with Gasteiger partial charge in [0.25, 0.3) is 0 Å². The summed E-state index contributed by atoms with van der Waals surface area (Å²) in [5.74, 6) is 1.61. The highest BCUT2D eigenvalue weighted by Crippen LogP contribution is 2.39. The summed E-state index contributed by atoms with van der Waals surface area (Å²) in [6.45, 7) is 6.09. The van der Waals surface area contributed by atoms with Gasteiger partial charge in [0, 0.05) is 33.4 Å². The molecule has 1 aliphatic heterocycles. The molecule has 2 N–H and O–H groups in total. The van der Waals surface area contributed by atoms with Crippen molar-refractivity contribution in [3.8, 4) is 5.00 Å².